The van der Waals surface area contributed by atoms with Crippen molar-refractivity contribution in [2.24, 2.45) is 0 Å². The van der Waals surface area contributed by atoms with Crippen LogP contribution in [0.25, 0.3) is 50.3 Å². The molecule has 1 fully saturated rings. The summed E-state index contributed by atoms with van der Waals surface area (Å²) in [6.45, 7) is 5.24. The van der Waals surface area contributed by atoms with E-state index in [1.54, 1.807) is 0 Å². The minimum Gasteiger partial charge on any atom is -0.338 e. The summed E-state index contributed by atoms with van der Waals surface area (Å²) in [7, 11) is 0. The van der Waals surface area contributed by atoms with Gasteiger partial charge in [-0.2, -0.15) is 5.10 Å². The molecule has 1 aliphatic rings. The smallest absolute Gasteiger partial charge is 0.139 e. The molecule has 0 bridgehead atoms. The molecular formula is C28H27N9. The Kier molecular flexibility index (Phi) is 5.28. The summed E-state index contributed by atoms with van der Waals surface area (Å²) < 4.78 is 2.02. The predicted octanol–water partition coefficient (Wildman–Crippen LogP) is 5.04. The van der Waals surface area contributed by atoms with Gasteiger partial charge in [-0.05, 0) is 62.7 Å². The number of hydrogen-bond donors (Lipinski definition) is 2. The van der Waals surface area contributed by atoms with Crippen LogP contribution in [0.5, 0.6) is 0 Å². The first-order valence-electron chi connectivity index (χ1n) is 12.7. The number of rotatable bonds is 5. The minimum atomic E-state index is 0.805. The summed E-state index contributed by atoms with van der Waals surface area (Å²) in [5.41, 5.74) is 8.52. The summed E-state index contributed by atoms with van der Waals surface area (Å²) in [6.07, 6.45) is 15.2. The fourth-order valence-electron chi connectivity index (χ4n) is 5.29. The molecule has 0 aliphatic carbocycles. The zero-order chi connectivity index (χ0) is 24.8. The molecule has 0 amide bonds. The minimum absolute atomic E-state index is 0.805. The third-order valence-electron chi connectivity index (χ3n) is 7.15. The topological polar surface area (TPSA) is 104 Å². The second kappa shape index (κ2) is 8.94. The van der Waals surface area contributed by atoms with Gasteiger partial charge in [0.05, 0.1) is 40.8 Å². The van der Waals surface area contributed by atoms with Crippen LogP contribution >= 0.6 is 0 Å². The first-order valence-corrected chi connectivity index (χ1v) is 12.7. The molecule has 0 unspecified atom stereocenters. The number of likely N-dealkylation sites (tertiary alicyclic amines) is 1. The molecule has 6 aromatic heterocycles. The van der Waals surface area contributed by atoms with E-state index >= 15 is 0 Å². The van der Waals surface area contributed by atoms with Crippen molar-refractivity contribution >= 4 is 21.9 Å². The Hall–Kier alpha value is -4.37. The number of pyridine rings is 3. The van der Waals surface area contributed by atoms with Gasteiger partial charge in [-0.3, -0.25) is 20.0 Å². The maximum absolute atomic E-state index is 4.71. The third-order valence-corrected chi connectivity index (χ3v) is 7.15. The number of H-pyrrole nitrogens is 2. The van der Waals surface area contributed by atoms with Crippen molar-refractivity contribution in [2.45, 2.75) is 32.7 Å². The van der Waals surface area contributed by atoms with E-state index in [4.69, 9.17) is 4.98 Å². The Labute approximate surface area is 213 Å². The molecule has 0 spiro atoms. The van der Waals surface area contributed by atoms with E-state index in [9.17, 15) is 0 Å². The average Bonchev–Trinajstić information content (AvgIpc) is 3.66. The van der Waals surface area contributed by atoms with Crippen LogP contribution in [0.4, 0.5) is 0 Å². The average molecular weight is 490 g/mol. The zero-order valence-electron chi connectivity index (χ0n) is 20.6. The molecule has 0 aromatic carbocycles. The third kappa shape index (κ3) is 4.07. The molecule has 9 heteroatoms. The second-order valence-electron chi connectivity index (χ2n) is 9.80. The quantitative estimate of drug-likeness (QED) is 0.351. The summed E-state index contributed by atoms with van der Waals surface area (Å²) in [4.78, 5) is 24.1. The maximum Gasteiger partial charge on any atom is 0.139 e. The molecule has 2 N–H and O–H groups in total. The number of nitrogens with zero attached hydrogens (tertiary/aromatic N) is 7. The highest BCUT2D eigenvalue weighted by Gasteiger charge is 2.16. The van der Waals surface area contributed by atoms with E-state index in [1.807, 2.05) is 54.9 Å². The Morgan fingerprint density at radius 1 is 0.946 bits per heavy atom. The molecule has 1 aliphatic heterocycles. The van der Waals surface area contributed by atoms with E-state index in [2.05, 4.69) is 53.2 Å². The fraction of sp³-hybridized carbons (Fsp3) is 0.250. The van der Waals surface area contributed by atoms with Crippen LogP contribution < -0.4 is 0 Å². The highest BCUT2D eigenvalue weighted by molar-refractivity contribution is 5.97. The van der Waals surface area contributed by atoms with Gasteiger partial charge in [-0.1, -0.05) is 6.42 Å². The Morgan fingerprint density at radius 3 is 2.73 bits per heavy atom. The number of hydrogen-bond acceptors (Lipinski definition) is 6. The van der Waals surface area contributed by atoms with Gasteiger partial charge in [0.25, 0.3) is 0 Å². The standard InChI is InChI=1S/C28H27N9/c1-18-15-37(17-32-18)26-5-6-30-28-22(26)11-24(33-28)27-21-10-23(31-14-25(21)34-35-27)20-9-19(12-29-13-20)16-36-7-3-2-4-8-36/h5-6,9-15,17H,2-4,7-8,16H2,1H3,(H,30,33)(H,34,35). The lowest BCUT2D eigenvalue weighted by atomic mass is 10.1. The van der Waals surface area contributed by atoms with Crippen LogP contribution in [0.3, 0.4) is 0 Å². The molecule has 6 aromatic rings. The number of aromatic nitrogens is 8. The summed E-state index contributed by atoms with van der Waals surface area (Å²) in [5.74, 6) is 0. The molecule has 0 saturated carbocycles. The summed E-state index contributed by atoms with van der Waals surface area (Å²) >= 11 is 0. The highest BCUT2D eigenvalue weighted by atomic mass is 15.1. The van der Waals surface area contributed by atoms with Crippen molar-refractivity contribution in [3.8, 4) is 28.3 Å². The van der Waals surface area contributed by atoms with Crippen molar-refractivity contribution in [1.29, 1.82) is 0 Å². The van der Waals surface area contributed by atoms with Crippen LogP contribution in [0, 0.1) is 6.92 Å². The van der Waals surface area contributed by atoms with Crippen LogP contribution in [0.2, 0.25) is 0 Å². The van der Waals surface area contributed by atoms with Crippen LogP contribution in [-0.2, 0) is 6.54 Å². The Morgan fingerprint density at radius 2 is 1.86 bits per heavy atom. The number of aromatic amines is 2. The first kappa shape index (κ1) is 21.9. The van der Waals surface area contributed by atoms with Gasteiger partial charge in [0, 0.05) is 47.7 Å². The molecule has 1 saturated heterocycles. The lowest BCUT2D eigenvalue weighted by molar-refractivity contribution is 0.220. The van der Waals surface area contributed by atoms with Crippen molar-refractivity contribution in [3.63, 3.8) is 0 Å². The molecule has 0 radical (unpaired) electrons. The van der Waals surface area contributed by atoms with Gasteiger partial charge < -0.3 is 9.55 Å². The van der Waals surface area contributed by atoms with E-state index in [0.29, 0.717) is 0 Å². The van der Waals surface area contributed by atoms with E-state index in [0.717, 1.165) is 75.6 Å². The molecule has 7 rings (SSSR count). The van der Waals surface area contributed by atoms with Gasteiger partial charge in [-0.25, -0.2) is 9.97 Å². The maximum atomic E-state index is 4.71. The molecule has 37 heavy (non-hydrogen) atoms. The Balaban J connectivity index is 1.26. The summed E-state index contributed by atoms with van der Waals surface area (Å²) in [5, 5.41) is 9.77. The zero-order valence-corrected chi connectivity index (χ0v) is 20.6. The summed E-state index contributed by atoms with van der Waals surface area (Å²) in [6, 6.07) is 8.40. The van der Waals surface area contributed by atoms with E-state index in [1.165, 1.54) is 24.8 Å². The fourth-order valence-corrected chi connectivity index (χ4v) is 5.29. The van der Waals surface area contributed by atoms with Crippen LogP contribution in [0.15, 0.2) is 61.6 Å². The van der Waals surface area contributed by atoms with Gasteiger partial charge in [0.1, 0.15) is 11.3 Å². The Bertz CT molecular complexity index is 1720. The second-order valence-corrected chi connectivity index (χ2v) is 9.80. The van der Waals surface area contributed by atoms with Crippen molar-refractivity contribution in [1.82, 2.24) is 44.6 Å². The van der Waals surface area contributed by atoms with Crippen LogP contribution in [0.1, 0.15) is 30.5 Å². The lowest BCUT2D eigenvalue weighted by Gasteiger charge is -2.26. The lowest BCUT2D eigenvalue weighted by Crippen LogP contribution is -2.29. The number of imidazole rings is 1. The van der Waals surface area contributed by atoms with Crippen molar-refractivity contribution in [3.05, 3.63) is 72.8 Å². The number of fused-ring (bicyclic) bond motifs is 2. The largest absolute Gasteiger partial charge is 0.338 e. The van der Waals surface area contributed by atoms with Crippen molar-refractivity contribution in [2.75, 3.05) is 13.1 Å². The molecule has 184 valence electrons. The number of aryl methyl sites for hydroxylation is 1. The normalized spacial score (nSPS) is 14.6. The van der Waals surface area contributed by atoms with E-state index in [-0.39, 0.29) is 0 Å². The van der Waals surface area contributed by atoms with Crippen molar-refractivity contribution < 1.29 is 0 Å². The molecular weight excluding hydrogens is 462 g/mol. The monoisotopic (exact) mass is 489 g/mol. The van der Waals surface area contributed by atoms with Crippen LogP contribution in [-0.4, -0.2) is 57.7 Å². The first-order chi connectivity index (χ1) is 18.2. The number of piperidine rings is 1. The van der Waals surface area contributed by atoms with Gasteiger partial charge in [-0.15, -0.1) is 0 Å². The molecule has 0 atom stereocenters. The molecule has 7 heterocycles. The van der Waals surface area contributed by atoms with E-state index < -0.39 is 0 Å². The number of nitrogens with one attached hydrogen (secondary N) is 2. The van der Waals surface area contributed by atoms with Gasteiger partial charge in [0.2, 0.25) is 0 Å². The van der Waals surface area contributed by atoms with Gasteiger partial charge >= 0.3 is 0 Å². The van der Waals surface area contributed by atoms with Gasteiger partial charge in [0.15, 0.2) is 0 Å². The molecule has 9 nitrogen and oxygen atoms in total. The SMILES string of the molecule is Cc1cn(-c2ccnc3[nH]c(-c4n[nH]c5cnc(-c6cncc(CN7CCCCC7)c6)cc45)cc23)cn1. The highest BCUT2D eigenvalue weighted by Crippen LogP contribution is 2.32. The predicted molar refractivity (Wildman–Crippen MR) is 143 cm³/mol.